The first-order valence-corrected chi connectivity index (χ1v) is 11.3. The Morgan fingerprint density at radius 2 is 1.66 bits per heavy atom. The average Bonchev–Trinajstić information content (AvgIpc) is 3.37. The van der Waals surface area contributed by atoms with Crippen molar-refractivity contribution in [1.29, 1.82) is 0 Å². The number of carbonyl (C=O) groups is 3. The van der Waals surface area contributed by atoms with E-state index in [0.29, 0.717) is 5.56 Å². The van der Waals surface area contributed by atoms with Gasteiger partial charge in [-0.1, -0.05) is 65.7 Å². The Balaban J connectivity index is 1.52. The highest BCUT2D eigenvalue weighted by molar-refractivity contribution is 7.10. The molecule has 7 heteroatoms. The van der Waals surface area contributed by atoms with Gasteiger partial charge in [0.15, 0.2) is 0 Å². The summed E-state index contributed by atoms with van der Waals surface area (Å²) in [6.07, 6.45) is 0. The molecule has 2 heterocycles. The van der Waals surface area contributed by atoms with Gasteiger partial charge in [-0.15, -0.1) is 11.3 Å². The number of nitrogens with zero attached hydrogens (tertiary/aromatic N) is 1. The predicted molar refractivity (Wildman–Crippen MR) is 124 cm³/mol. The maximum atomic E-state index is 13.1. The second-order valence-corrected chi connectivity index (χ2v) is 9.22. The number of hydrogen-bond donors (Lipinski definition) is 2. The number of carbonyl (C=O) groups excluding carboxylic acids is 3. The van der Waals surface area contributed by atoms with Crippen molar-refractivity contribution >= 4 is 29.2 Å². The smallest absolute Gasteiger partial charge is 0.325 e. The second-order valence-electron chi connectivity index (χ2n) is 8.24. The molecule has 1 aromatic heterocycles. The van der Waals surface area contributed by atoms with E-state index < -0.39 is 23.4 Å². The van der Waals surface area contributed by atoms with Gasteiger partial charge in [-0.3, -0.25) is 14.5 Å². The summed E-state index contributed by atoms with van der Waals surface area (Å²) in [5.41, 5.74) is 2.60. The van der Waals surface area contributed by atoms with Gasteiger partial charge in [0.1, 0.15) is 12.1 Å². The minimum Gasteiger partial charge on any atom is -0.343 e. The van der Waals surface area contributed by atoms with E-state index in [0.717, 1.165) is 26.5 Å². The van der Waals surface area contributed by atoms with Gasteiger partial charge in [-0.25, -0.2) is 4.79 Å². The van der Waals surface area contributed by atoms with Crippen LogP contribution in [0, 0.1) is 13.8 Å². The van der Waals surface area contributed by atoms with Crippen molar-refractivity contribution in [3.63, 3.8) is 0 Å². The van der Waals surface area contributed by atoms with Crippen molar-refractivity contribution in [3.8, 4) is 0 Å². The Morgan fingerprint density at radius 1 is 1.03 bits per heavy atom. The molecule has 0 aliphatic carbocycles. The van der Waals surface area contributed by atoms with Gasteiger partial charge >= 0.3 is 6.03 Å². The van der Waals surface area contributed by atoms with Crippen LogP contribution in [0.2, 0.25) is 0 Å². The zero-order valence-electron chi connectivity index (χ0n) is 18.2. The molecular formula is C25H25N3O3S. The average molecular weight is 448 g/mol. The zero-order chi connectivity index (χ0) is 22.9. The van der Waals surface area contributed by atoms with Crippen LogP contribution in [0.3, 0.4) is 0 Å². The fourth-order valence-corrected chi connectivity index (χ4v) is 4.61. The number of imide groups is 1. The molecule has 3 aromatic rings. The summed E-state index contributed by atoms with van der Waals surface area (Å²) in [6.45, 7) is 5.28. The lowest BCUT2D eigenvalue weighted by Crippen LogP contribution is -2.44. The lowest BCUT2D eigenvalue weighted by atomic mass is 9.91. The first-order valence-electron chi connectivity index (χ1n) is 10.4. The molecule has 164 valence electrons. The fraction of sp³-hybridized carbons (Fsp3) is 0.240. The number of urea groups is 1. The molecule has 1 saturated heterocycles. The van der Waals surface area contributed by atoms with Crippen LogP contribution in [0.1, 0.15) is 40.1 Å². The summed E-state index contributed by atoms with van der Waals surface area (Å²) in [5.74, 6) is -0.842. The van der Waals surface area contributed by atoms with Crippen LogP contribution >= 0.6 is 11.3 Å². The van der Waals surface area contributed by atoms with Crippen LogP contribution in [0.5, 0.6) is 0 Å². The molecule has 2 N–H and O–H groups in total. The van der Waals surface area contributed by atoms with E-state index in [4.69, 9.17) is 0 Å². The maximum Gasteiger partial charge on any atom is 0.325 e. The predicted octanol–water partition coefficient (Wildman–Crippen LogP) is 4.04. The number of rotatable bonds is 6. The molecule has 4 rings (SSSR count). The highest BCUT2D eigenvalue weighted by Crippen LogP contribution is 2.30. The first-order chi connectivity index (χ1) is 15.3. The van der Waals surface area contributed by atoms with Gasteiger partial charge in [-0.05, 0) is 43.3 Å². The molecule has 2 unspecified atom stereocenters. The van der Waals surface area contributed by atoms with E-state index in [1.807, 2.05) is 79.9 Å². The Morgan fingerprint density at radius 3 is 2.25 bits per heavy atom. The van der Waals surface area contributed by atoms with E-state index in [2.05, 4.69) is 10.6 Å². The van der Waals surface area contributed by atoms with E-state index in [9.17, 15) is 14.4 Å². The largest absolute Gasteiger partial charge is 0.343 e. The second kappa shape index (κ2) is 8.59. The van der Waals surface area contributed by atoms with Gasteiger partial charge in [0.2, 0.25) is 5.91 Å². The standard InChI is InChI=1S/C25H25N3O3S/c1-16-6-10-18(11-7-16)22(20-5-4-14-32-20)26-21(29)15-28-23(30)25(3,27-24(28)31)19-12-8-17(2)9-13-19/h4-14,22H,15H2,1-3H3,(H,26,29)(H,27,31). The molecule has 1 fully saturated rings. The maximum absolute atomic E-state index is 13.1. The van der Waals surface area contributed by atoms with Crippen molar-refractivity contribution in [2.75, 3.05) is 6.54 Å². The summed E-state index contributed by atoms with van der Waals surface area (Å²) >= 11 is 1.54. The topological polar surface area (TPSA) is 78.5 Å². The van der Waals surface area contributed by atoms with Crippen molar-refractivity contribution < 1.29 is 14.4 Å². The molecule has 32 heavy (non-hydrogen) atoms. The lowest BCUT2D eigenvalue weighted by Gasteiger charge is -2.23. The van der Waals surface area contributed by atoms with Gasteiger partial charge in [-0.2, -0.15) is 0 Å². The molecule has 4 amide bonds. The van der Waals surface area contributed by atoms with Gasteiger partial charge < -0.3 is 10.6 Å². The van der Waals surface area contributed by atoms with Crippen LogP contribution in [-0.4, -0.2) is 29.3 Å². The molecule has 0 spiro atoms. The van der Waals surface area contributed by atoms with Crippen molar-refractivity contribution in [2.45, 2.75) is 32.4 Å². The molecular weight excluding hydrogens is 422 g/mol. The van der Waals surface area contributed by atoms with Gasteiger partial charge in [0.05, 0.1) is 6.04 Å². The van der Waals surface area contributed by atoms with Crippen LogP contribution in [0.4, 0.5) is 4.79 Å². The summed E-state index contributed by atoms with van der Waals surface area (Å²) in [6, 6.07) is 18.3. The fourth-order valence-electron chi connectivity index (χ4n) is 3.81. The molecule has 0 bridgehead atoms. The van der Waals surface area contributed by atoms with Crippen molar-refractivity contribution in [3.05, 3.63) is 93.2 Å². The molecule has 0 saturated carbocycles. The summed E-state index contributed by atoms with van der Waals surface area (Å²) in [5, 5.41) is 7.70. The molecule has 0 radical (unpaired) electrons. The quantitative estimate of drug-likeness (QED) is 0.560. The van der Waals surface area contributed by atoms with E-state index in [1.165, 1.54) is 11.3 Å². The third-order valence-corrected chi connectivity index (χ3v) is 6.69. The van der Waals surface area contributed by atoms with Crippen molar-refractivity contribution in [1.82, 2.24) is 15.5 Å². The van der Waals surface area contributed by atoms with E-state index in [-0.39, 0.29) is 12.6 Å². The third kappa shape index (κ3) is 4.16. The van der Waals surface area contributed by atoms with Crippen LogP contribution < -0.4 is 10.6 Å². The minimum absolute atomic E-state index is 0.347. The normalized spacial score (nSPS) is 19.0. The van der Waals surface area contributed by atoms with E-state index in [1.54, 1.807) is 6.92 Å². The first kappa shape index (κ1) is 21.8. The van der Waals surface area contributed by atoms with Crippen LogP contribution in [0.25, 0.3) is 0 Å². The van der Waals surface area contributed by atoms with Gasteiger partial charge in [0, 0.05) is 4.88 Å². The summed E-state index contributed by atoms with van der Waals surface area (Å²) < 4.78 is 0. The Kier molecular flexibility index (Phi) is 5.84. The summed E-state index contributed by atoms with van der Waals surface area (Å²) in [4.78, 5) is 40.7. The lowest BCUT2D eigenvalue weighted by molar-refractivity contribution is -0.135. The SMILES string of the molecule is Cc1ccc(C(NC(=O)CN2C(=O)NC(C)(c3ccc(C)cc3)C2=O)c2cccs2)cc1. The van der Waals surface area contributed by atoms with E-state index >= 15 is 0 Å². The Labute approximate surface area is 191 Å². The monoisotopic (exact) mass is 447 g/mol. The number of thiophene rings is 1. The van der Waals surface area contributed by atoms with Crippen LogP contribution in [0.15, 0.2) is 66.0 Å². The highest BCUT2D eigenvalue weighted by atomic mass is 32.1. The number of hydrogen-bond acceptors (Lipinski definition) is 4. The van der Waals surface area contributed by atoms with Crippen LogP contribution in [-0.2, 0) is 15.1 Å². The molecule has 2 atom stereocenters. The highest BCUT2D eigenvalue weighted by Gasteiger charge is 2.49. The molecule has 1 aliphatic rings. The number of aryl methyl sites for hydroxylation is 2. The Hall–Kier alpha value is -3.45. The zero-order valence-corrected chi connectivity index (χ0v) is 19.0. The molecule has 2 aromatic carbocycles. The van der Waals surface area contributed by atoms with Gasteiger partial charge in [0.25, 0.3) is 5.91 Å². The number of amides is 4. The Bertz CT molecular complexity index is 1140. The number of benzene rings is 2. The van der Waals surface area contributed by atoms with Crippen molar-refractivity contribution in [2.24, 2.45) is 0 Å². The number of nitrogens with one attached hydrogen (secondary N) is 2. The third-order valence-electron chi connectivity index (χ3n) is 5.75. The molecule has 6 nitrogen and oxygen atoms in total. The summed E-state index contributed by atoms with van der Waals surface area (Å²) in [7, 11) is 0. The molecule has 1 aliphatic heterocycles. The minimum atomic E-state index is -1.20.